The van der Waals surface area contributed by atoms with E-state index in [0.717, 1.165) is 12.8 Å². The molecule has 2 N–H and O–H groups in total. The first-order valence-electron chi connectivity index (χ1n) is 5.11. The summed E-state index contributed by atoms with van der Waals surface area (Å²) in [6, 6.07) is 0.832. The van der Waals surface area contributed by atoms with Gasteiger partial charge in [-0.25, -0.2) is 0 Å². The Balaban J connectivity index is 3.51. The highest BCUT2D eigenvalue weighted by atomic mass is 16.3. The molecule has 0 rings (SSSR count). The van der Waals surface area contributed by atoms with E-state index in [9.17, 15) is 0 Å². The summed E-state index contributed by atoms with van der Waals surface area (Å²) in [4.78, 5) is 0. The summed E-state index contributed by atoms with van der Waals surface area (Å²) in [7, 11) is 0. The first-order valence-corrected chi connectivity index (χ1v) is 5.11. The zero-order valence-electron chi connectivity index (χ0n) is 8.64. The Hall–Kier alpha value is -0.0800. The first-order chi connectivity index (χ1) is 5.74. The van der Waals surface area contributed by atoms with Crippen molar-refractivity contribution in [1.82, 2.24) is 5.32 Å². The fourth-order valence-corrected chi connectivity index (χ4v) is 1.20. The molecule has 0 aliphatic carbocycles. The molecule has 0 aromatic carbocycles. The van der Waals surface area contributed by atoms with E-state index in [4.69, 9.17) is 5.11 Å². The van der Waals surface area contributed by atoms with Crippen molar-refractivity contribution in [2.45, 2.75) is 58.5 Å². The number of aliphatic hydroxyl groups excluding tert-OH is 1. The lowest BCUT2D eigenvalue weighted by Crippen LogP contribution is -2.38. The van der Waals surface area contributed by atoms with Crippen molar-refractivity contribution < 1.29 is 5.11 Å². The number of hydrogen-bond donors (Lipinski definition) is 2. The van der Waals surface area contributed by atoms with Crippen molar-refractivity contribution in [3.63, 3.8) is 0 Å². The Bertz CT molecular complexity index is 95.8. The number of nitrogens with one attached hydrogen (secondary N) is 1. The minimum Gasteiger partial charge on any atom is -0.395 e. The molecular formula is C10H23NO. The van der Waals surface area contributed by atoms with E-state index in [0.29, 0.717) is 12.1 Å². The van der Waals surface area contributed by atoms with E-state index < -0.39 is 0 Å². The molecule has 0 radical (unpaired) electrons. The Morgan fingerprint density at radius 2 is 2.00 bits per heavy atom. The normalized spacial score (nSPS) is 16.0. The second-order valence-corrected chi connectivity index (χ2v) is 3.50. The van der Waals surface area contributed by atoms with Crippen LogP contribution in [0.3, 0.4) is 0 Å². The number of aliphatic hydroxyl groups is 1. The van der Waals surface area contributed by atoms with Gasteiger partial charge >= 0.3 is 0 Å². The summed E-state index contributed by atoms with van der Waals surface area (Å²) >= 11 is 0. The van der Waals surface area contributed by atoms with Gasteiger partial charge in [-0.1, -0.05) is 26.7 Å². The van der Waals surface area contributed by atoms with Crippen molar-refractivity contribution in [2.24, 2.45) is 0 Å². The Morgan fingerprint density at radius 1 is 1.33 bits per heavy atom. The fraction of sp³-hybridized carbons (Fsp3) is 1.00. The van der Waals surface area contributed by atoms with Crippen LogP contribution in [-0.4, -0.2) is 23.8 Å². The topological polar surface area (TPSA) is 32.3 Å². The number of unbranched alkanes of at least 4 members (excludes halogenated alkanes) is 1. The number of hydrogen-bond acceptors (Lipinski definition) is 2. The van der Waals surface area contributed by atoms with Crippen LogP contribution in [0.2, 0.25) is 0 Å². The van der Waals surface area contributed by atoms with Gasteiger partial charge in [0.25, 0.3) is 0 Å². The molecule has 0 aliphatic heterocycles. The molecular weight excluding hydrogens is 150 g/mol. The van der Waals surface area contributed by atoms with Crippen molar-refractivity contribution in [3.8, 4) is 0 Å². The van der Waals surface area contributed by atoms with Gasteiger partial charge in [0, 0.05) is 12.1 Å². The van der Waals surface area contributed by atoms with Crippen molar-refractivity contribution in [1.29, 1.82) is 0 Å². The van der Waals surface area contributed by atoms with Crippen LogP contribution < -0.4 is 5.32 Å². The SMILES string of the molecule is CCCCC(CO)NC(C)CC. The summed E-state index contributed by atoms with van der Waals surface area (Å²) in [6.45, 7) is 6.77. The van der Waals surface area contributed by atoms with Crippen LogP contribution in [-0.2, 0) is 0 Å². The lowest BCUT2D eigenvalue weighted by atomic mass is 10.1. The third kappa shape index (κ3) is 5.56. The van der Waals surface area contributed by atoms with Gasteiger partial charge in [-0.15, -0.1) is 0 Å². The van der Waals surface area contributed by atoms with Crippen LogP contribution >= 0.6 is 0 Å². The van der Waals surface area contributed by atoms with E-state index >= 15 is 0 Å². The van der Waals surface area contributed by atoms with E-state index in [1.807, 2.05) is 0 Å². The van der Waals surface area contributed by atoms with E-state index in [2.05, 4.69) is 26.1 Å². The molecule has 0 bridgehead atoms. The zero-order valence-corrected chi connectivity index (χ0v) is 8.64. The third-order valence-corrected chi connectivity index (χ3v) is 2.26. The van der Waals surface area contributed by atoms with E-state index in [-0.39, 0.29) is 6.61 Å². The molecule has 0 amide bonds. The Kier molecular flexibility index (Phi) is 7.51. The molecule has 0 saturated carbocycles. The van der Waals surface area contributed by atoms with Crippen molar-refractivity contribution in [3.05, 3.63) is 0 Å². The maximum absolute atomic E-state index is 9.03. The highest BCUT2D eigenvalue weighted by Gasteiger charge is 2.08. The largest absolute Gasteiger partial charge is 0.395 e. The number of rotatable bonds is 7. The second-order valence-electron chi connectivity index (χ2n) is 3.50. The van der Waals surface area contributed by atoms with E-state index in [1.165, 1.54) is 12.8 Å². The molecule has 0 saturated heterocycles. The predicted molar refractivity (Wildman–Crippen MR) is 53.3 cm³/mol. The van der Waals surface area contributed by atoms with Gasteiger partial charge in [-0.2, -0.15) is 0 Å². The molecule has 0 aliphatic rings. The van der Waals surface area contributed by atoms with Crippen LogP contribution in [0.1, 0.15) is 46.5 Å². The minimum atomic E-state index is 0.268. The van der Waals surface area contributed by atoms with Gasteiger partial charge in [-0.3, -0.25) is 0 Å². The third-order valence-electron chi connectivity index (χ3n) is 2.26. The Labute approximate surface area is 76.4 Å². The van der Waals surface area contributed by atoms with Crippen LogP contribution in [0.25, 0.3) is 0 Å². The molecule has 2 atom stereocenters. The lowest BCUT2D eigenvalue weighted by molar-refractivity contribution is 0.223. The molecule has 2 heteroatoms. The monoisotopic (exact) mass is 173 g/mol. The molecule has 74 valence electrons. The van der Waals surface area contributed by atoms with Crippen molar-refractivity contribution in [2.75, 3.05) is 6.61 Å². The Morgan fingerprint density at radius 3 is 2.42 bits per heavy atom. The molecule has 0 aromatic heterocycles. The molecule has 2 unspecified atom stereocenters. The highest BCUT2D eigenvalue weighted by Crippen LogP contribution is 2.02. The molecule has 0 spiro atoms. The van der Waals surface area contributed by atoms with Gasteiger partial charge in [0.05, 0.1) is 6.61 Å². The molecule has 0 fully saturated rings. The molecule has 0 aromatic rings. The second kappa shape index (κ2) is 7.56. The standard InChI is InChI=1S/C10H23NO/c1-4-6-7-10(8-12)11-9(3)5-2/h9-12H,4-8H2,1-3H3. The average molecular weight is 173 g/mol. The summed E-state index contributed by atoms with van der Waals surface area (Å²) < 4.78 is 0. The summed E-state index contributed by atoms with van der Waals surface area (Å²) in [5, 5.41) is 12.4. The van der Waals surface area contributed by atoms with Gasteiger partial charge in [0.2, 0.25) is 0 Å². The van der Waals surface area contributed by atoms with Crippen LogP contribution in [0, 0.1) is 0 Å². The van der Waals surface area contributed by atoms with Crippen LogP contribution in [0.5, 0.6) is 0 Å². The van der Waals surface area contributed by atoms with Gasteiger partial charge in [0.1, 0.15) is 0 Å². The van der Waals surface area contributed by atoms with Gasteiger partial charge in [-0.05, 0) is 19.8 Å². The molecule has 2 nitrogen and oxygen atoms in total. The van der Waals surface area contributed by atoms with Gasteiger partial charge in [0.15, 0.2) is 0 Å². The maximum atomic E-state index is 9.03. The summed E-state index contributed by atoms with van der Waals surface area (Å²) in [5.41, 5.74) is 0. The average Bonchev–Trinajstić information content (AvgIpc) is 2.11. The summed E-state index contributed by atoms with van der Waals surface area (Å²) in [5.74, 6) is 0. The maximum Gasteiger partial charge on any atom is 0.0584 e. The minimum absolute atomic E-state index is 0.268. The molecule has 0 heterocycles. The first kappa shape index (κ1) is 11.9. The van der Waals surface area contributed by atoms with Crippen LogP contribution in [0.15, 0.2) is 0 Å². The zero-order chi connectivity index (χ0) is 9.40. The fourth-order valence-electron chi connectivity index (χ4n) is 1.20. The van der Waals surface area contributed by atoms with Crippen molar-refractivity contribution >= 4 is 0 Å². The van der Waals surface area contributed by atoms with Gasteiger partial charge < -0.3 is 10.4 Å². The smallest absolute Gasteiger partial charge is 0.0584 e. The predicted octanol–water partition coefficient (Wildman–Crippen LogP) is 1.93. The quantitative estimate of drug-likeness (QED) is 0.616. The summed E-state index contributed by atoms with van der Waals surface area (Å²) in [6.07, 6.45) is 4.63. The highest BCUT2D eigenvalue weighted by molar-refractivity contribution is 4.69. The van der Waals surface area contributed by atoms with Crippen LogP contribution in [0.4, 0.5) is 0 Å². The van der Waals surface area contributed by atoms with E-state index in [1.54, 1.807) is 0 Å². The lowest BCUT2D eigenvalue weighted by Gasteiger charge is -2.20. The molecule has 12 heavy (non-hydrogen) atoms.